The highest BCUT2D eigenvalue weighted by molar-refractivity contribution is 5.79. The summed E-state index contributed by atoms with van der Waals surface area (Å²) in [6.07, 6.45) is 8.44. The molecule has 0 bridgehead atoms. The number of carbonyl (C=O) groups excluding carboxylic acids is 1. The number of hydrogen-bond donors (Lipinski definition) is 1. The number of phenolic OH excluding ortho intramolecular Hbond substituents is 1. The molecule has 3 rings (SSSR count). The number of phenols is 1. The Hall–Kier alpha value is -1.61. The van der Waals surface area contributed by atoms with Gasteiger partial charge in [0.15, 0.2) is 0 Å². The molecule has 0 atom stereocenters. The maximum Gasteiger partial charge on any atom is 0.133 e. The molecule has 0 amide bonds. The number of ketones is 1. The van der Waals surface area contributed by atoms with Crippen molar-refractivity contribution in [3.8, 4) is 5.75 Å². The van der Waals surface area contributed by atoms with E-state index in [1.54, 1.807) is 6.07 Å². The third kappa shape index (κ3) is 4.07. The van der Waals surface area contributed by atoms with Gasteiger partial charge in [0.2, 0.25) is 0 Å². The Morgan fingerprint density at radius 2 is 1.83 bits per heavy atom. The van der Waals surface area contributed by atoms with Crippen LogP contribution in [0.1, 0.15) is 56.9 Å². The van der Waals surface area contributed by atoms with Gasteiger partial charge in [-0.1, -0.05) is 25.0 Å². The van der Waals surface area contributed by atoms with Crippen molar-refractivity contribution in [2.75, 3.05) is 13.6 Å². The Labute approximate surface area is 146 Å². The van der Waals surface area contributed by atoms with Gasteiger partial charge in [-0.2, -0.15) is 0 Å². The quantitative estimate of drug-likeness (QED) is 0.817. The molecule has 0 aromatic heterocycles. The van der Waals surface area contributed by atoms with Crippen molar-refractivity contribution in [2.24, 2.45) is 5.92 Å². The van der Waals surface area contributed by atoms with Gasteiger partial charge in [0.25, 0.3) is 0 Å². The molecule has 1 N–H and O–H groups in total. The molecule has 132 valence electrons. The number of hydrogen-bond acceptors (Lipinski definition) is 3. The van der Waals surface area contributed by atoms with Crippen LogP contribution in [0, 0.1) is 5.92 Å². The molecule has 3 nitrogen and oxygen atoms in total. The van der Waals surface area contributed by atoms with Gasteiger partial charge in [-0.05, 0) is 56.3 Å². The van der Waals surface area contributed by atoms with Crippen LogP contribution < -0.4 is 0 Å². The Morgan fingerprint density at radius 3 is 2.42 bits per heavy atom. The zero-order valence-electron chi connectivity index (χ0n) is 15.0. The molecule has 1 aromatic carbocycles. The average Bonchev–Trinajstić information content (AvgIpc) is 3.10. The van der Waals surface area contributed by atoms with E-state index in [0.717, 1.165) is 25.3 Å². The van der Waals surface area contributed by atoms with E-state index in [1.807, 2.05) is 12.1 Å². The summed E-state index contributed by atoms with van der Waals surface area (Å²) in [5.41, 5.74) is 1.08. The van der Waals surface area contributed by atoms with E-state index in [1.165, 1.54) is 31.2 Å². The van der Waals surface area contributed by atoms with Gasteiger partial charge < -0.3 is 5.11 Å². The first-order valence-electron chi connectivity index (χ1n) is 9.13. The van der Waals surface area contributed by atoms with Gasteiger partial charge in [-0.15, -0.1) is 13.2 Å². The third-order valence-electron chi connectivity index (χ3n) is 5.76. The summed E-state index contributed by atoms with van der Waals surface area (Å²) >= 11 is 0. The molecular formula is C21H31NO2. The molecule has 0 aliphatic heterocycles. The molecule has 24 heavy (non-hydrogen) atoms. The van der Waals surface area contributed by atoms with Crippen molar-refractivity contribution in [1.82, 2.24) is 4.90 Å². The Balaban J connectivity index is 0.00000100. The lowest BCUT2D eigenvalue weighted by atomic mass is 9.74. The summed E-state index contributed by atoms with van der Waals surface area (Å²) in [6.45, 7) is 7.10. The summed E-state index contributed by atoms with van der Waals surface area (Å²) in [6, 6.07) is 7.65. The standard InChI is InChI=1S/C19H27NO2.C2H4/c1-20(14-15-5-2-3-6-15)19(11-9-17(21)10-12-19)16-7-4-8-18(22)13-16;1-2/h4,7-8,13,15,22H,2-3,5-6,9-12,14H2,1H3;1-2H2. The zero-order chi connectivity index (χ0) is 17.6. The number of aromatic hydroxyl groups is 1. The SMILES string of the molecule is C=C.CN(CC1CCCC1)C1(c2cccc(O)c2)CCC(=O)CC1. The van der Waals surface area contributed by atoms with Crippen LogP contribution in [0.2, 0.25) is 0 Å². The summed E-state index contributed by atoms with van der Waals surface area (Å²) in [4.78, 5) is 14.2. The molecule has 2 saturated carbocycles. The van der Waals surface area contributed by atoms with Gasteiger partial charge in [0.05, 0.1) is 0 Å². The van der Waals surface area contributed by atoms with Crippen LogP contribution in [-0.4, -0.2) is 29.4 Å². The predicted molar refractivity (Wildman–Crippen MR) is 99.1 cm³/mol. The molecule has 2 aliphatic carbocycles. The first kappa shape index (κ1) is 18.7. The molecule has 1 aromatic rings. The van der Waals surface area contributed by atoms with Crippen LogP contribution in [0.5, 0.6) is 5.75 Å². The van der Waals surface area contributed by atoms with E-state index in [2.05, 4.69) is 31.2 Å². The molecule has 0 spiro atoms. The fourth-order valence-corrected chi connectivity index (χ4v) is 4.38. The second-order valence-corrected chi connectivity index (χ2v) is 7.15. The number of Topliss-reactive ketones (excluding diaryl/α,β-unsaturated/α-hetero) is 1. The molecular weight excluding hydrogens is 298 g/mol. The van der Waals surface area contributed by atoms with E-state index in [-0.39, 0.29) is 5.54 Å². The van der Waals surface area contributed by atoms with E-state index >= 15 is 0 Å². The van der Waals surface area contributed by atoms with E-state index in [4.69, 9.17) is 0 Å². The number of benzene rings is 1. The maximum atomic E-state index is 11.7. The van der Waals surface area contributed by atoms with Crippen LogP contribution in [0.15, 0.2) is 37.4 Å². The lowest BCUT2D eigenvalue weighted by Gasteiger charge is -2.46. The van der Waals surface area contributed by atoms with Crippen molar-refractivity contribution in [3.05, 3.63) is 43.0 Å². The highest BCUT2D eigenvalue weighted by atomic mass is 16.3. The molecule has 0 unspecified atom stereocenters. The summed E-state index contributed by atoms with van der Waals surface area (Å²) in [5.74, 6) is 1.49. The molecule has 0 heterocycles. The molecule has 3 heteroatoms. The van der Waals surface area contributed by atoms with Crippen LogP contribution in [0.25, 0.3) is 0 Å². The molecule has 0 radical (unpaired) electrons. The van der Waals surface area contributed by atoms with Gasteiger partial charge in [-0.25, -0.2) is 0 Å². The number of carbonyl (C=O) groups is 1. The highest BCUT2D eigenvalue weighted by Crippen LogP contribution is 2.42. The lowest BCUT2D eigenvalue weighted by molar-refractivity contribution is -0.123. The lowest BCUT2D eigenvalue weighted by Crippen LogP contribution is -2.48. The molecule has 0 saturated heterocycles. The van der Waals surface area contributed by atoms with Crippen molar-refractivity contribution in [3.63, 3.8) is 0 Å². The Bertz CT molecular complexity index is 539. The van der Waals surface area contributed by atoms with Crippen molar-refractivity contribution in [1.29, 1.82) is 0 Å². The minimum absolute atomic E-state index is 0.0881. The second-order valence-electron chi connectivity index (χ2n) is 7.15. The van der Waals surface area contributed by atoms with E-state index < -0.39 is 0 Å². The Morgan fingerprint density at radius 1 is 1.21 bits per heavy atom. The van der Waals surface area contributed by atoms with Crippen molar-refractivity contribution >= 4 is 5.78 Å². The normalized spacial score (nSPS) is 20.7. The van der Waals surface area contributed by atoms with Crippen LogP contribution in [-0.2, 0) is 10.3 Å². The predicted octanol–water partition coefficient (Wildman–Crippen LogP) is 4.65. The first-order valence-corrected chi connectivity index (χ1v) is 9.13. The van der Waals surface area contributed by atoms with Crippen LogP contribution in [0.3, 0.4) is 0 Å². The molecule has 2 fully saturated rings. The Kier molecular flexibility index (Phi) is 6.61. The highest BCUT2D eigenvalue weighted by Gasteiger charge is 2.40. The first-order chi connectivity index (χ1) is 11.6. The molecule has 2 aliphatic rings. The van der Waals surface area contributed by atoms with Gasteiger partial charge in [0.1, 0.15) is 11.5 Å². The zero-order valence-corrected chi connectivity index (χ0v) is 15.0. The second kappa shape index (κ2) is 8.48. The van der Waals surface area contributed by atoms with E-state index in [9.17, 15) is 9.90 Å². The summed E-state index contributed by atoms with van der Waals surface area (Å²) < 4.78 is 0. The average molecular weight is 329 g/mol. The minimum Gasteiger partial charge on any atom is -0.508 e. The largest absolute Gasteiger partial charge is 0.508 e. The van der Waals surface area contributed by atoms with E-state index in [0.29, 0.717) is 24.4 Å². The topological polar surface area (TPSA) is 40.5 Å². The van der Waals surface area contributed by atoms with Gasteiger partial charge in [-0.3, -0.25) is 9.69 Å². The summed E-state index contributed by atoms with van der Waals surface area (Å²) in [7, 11) is 2.21. The van der Waals surface area contributed by atoms with Gasteiger partial charge in [0, 0.05) is 24.9 Å². The van der Waals surface area contributed by atoms with Gasteiger partial charge >= 0.3 is 0 Å². The monoisotopic (exact) mass is 329 g/mol. The van der Waals surface area contributed by atoms with Crippen LogP contribution >= 0.6 is 0 Å². The minimum atomic E-state index is -0.0881. The third-order valence-corrected chi connectivity index (χ3v) is 5.76. The fraction of sp³-hybridized carbons (Fsp3) is 0.571. The summed E-state index contributed by atoms with van der Waals surface area (Å²) in [5, 5.41) is 9.89. The number of rotatable bonds is 4. The maximum absolute atomic E-state index is 11.7. The fourth-order valence-electron chi connectivity index (χ4n) is 4.38. The number of nitrogens with zero attached hydrogens (tertiary/aromatic N) is 1. The van der Waals surface area contributed by atoms with Crippen LogP contribution in [0.4, 0.5) is 0 Å². The smallest absolute Gasteiger partial charge is 0.133 e. The van der Waals surface area contributed by atoms with Crippen molar-refractivity contribution < 1.29 is 9.90 Å². The van der Waals surface area contributed by atoms with Crippen molar-refractivity contribution in [2.45, 2.75) is 56.9 Å².